The van der Waals surface area contributed by atoms with E-state index < -0.39 is 0 Å². The van der Waals surface area contributed by atoms with Crippen molar-refractivity contribution in [3.63, 3.8) is 0 Å². The Hall–Kier alpha value is -1.57. The van der Waals surface area contributed by atoms with E-state index in [4.69, 9.17) is 9.47 Å². The van der Waals surface area contributed by atoms with E-state index >= 15 is 0 Å². The van der Waals surface area contributed by atoms with Gasteiger partial charge in [-0.1, -0.05) is 13.8 Å². The van der Waals surface area contributed by atoms with E-state index in [0.29, 0.717) is 25.3 Å². The number of amides is 1. The van der Waals surface area contributed by atoms with Gasteiger partial charge in [-0.25, -0.2) is 9.97 Å². The number of rotatable bonds is 4. The zero-order chi connectivity index (χ0) is 18.5. The third-order valence-corrected chi connectivity index (χ3v) is 4.95. The highest BCUT2D eigenvalue weighted by Crippen LogP contribution is 2.16. The molecule has 0 saturated carbocycles. The number of hydrogen-bond donors (Lipinski definition) is 0. The second kappa shape index (κ2) is 8.88. The van der Waals surface area contributed by atoms with Crippen LogP contribution in [0, 0.1) is 6.92 Å². The van der Waals surface area contributed by atoms with Gasteiger partial charge in [0.1, 0.15) is 5.82 Å². The van der Waals surface area contributed by atoms with Gasteiger partial charge in [0.2, 0.25) is 0 Å². The topological polar surface area (TPSA) is 67.8 Å². The summed E-state index contributed by atoms with van der Waals surface area (Å²) in [6.45, 7) is 12.3. The Kier molecular flexibility index (Phi) is 6.56. The van der Waals surface area contributed by atoms with Crippen molar-refractivity contribution in [3.8, 4) is 0 Å². The molecule has 7 nitrogen and oxygen atoms in total. The summed E-state index contributed by atoms with van der Waals surface area (Å²) in [7, 11) is 0. The summed E-state index contributed by atoms with van der Waals surface area (Å²) in [5, 5.41) is 0. The van der Waals surface area contributed by atoms with Crippen LogP contribution >= 0.6 is 0 Å². The van der Waals surface area contributed by atoms with Crippen molar-refractivity contribution in [2.24, 2.45) is 0 Å². The Balaban J connectivity index is 1.67. The van der Waals surface area contributed by atoms with E-state index in [1.54, 1.807) is 6.20 Å². The molecule has 1 amide bonds. The van der Waals surface area contributed by atoms with Gasteiger partial charge in [0.05, 0.1) is 30.6 Å². The number of aromatic nitrogens is 2. The number of ether oxygens (including phenoxy) is 2. The van der Waals surface area contributed by atoms with Crippen LogP contribution in [0.15, 0.2) is 6.20 Å². The molecule has 0 radical (unpaired) electrons. The lowest BCUT2D eigenvalue weighted by Gasteiger charge is -2.31. The van der Waals surface area contributed by atoms with Crippen LogP contribution in [0.4, 0.5) is 0 Å². The van der Waals surface area contributed by atoms with E-state index in [1.807, 2.05) is 11.8 Å². The van der Waals surface area contributed by atoms with Gasteiger partial charge < -0.3 is 14.4 Å². The number of morpholine rings is 1. The maximum Gasteiger partial charge on any atom is 0.257 e. The average Bonchev–Trinajstić information content (AvgIpc) is 2.87. The normalized spacial score (nSPS) is 22.5. The molecule has 7 heteroatoms. The zero-order valence-corrected chi connectivity index (χ0v) is 16.1. The number of aryl methyl sites for hydroxylation is 1. The van der Waals surface area contributed by atoms with Gasteiger partial charge in [-0.3, -0.25) is 9.69 Å². The summed E-state index contributed by atoms with van der Waals surface area (Å²) in [6, 6.07) is 0. The Bertz CT molecular complexity index is 617. The molecule has 1 aromatic rings. The molecule has 0 aromatic carbocycles. The molecule has 0 unspecified atom stereocenters. The quantitative estimate of drug-likeness (QED) is 0.808. The summed E-state index contributed by atoms with van der Waals surface area (Å²) in [5.74, 6) is 1.04. The molecule has 26 heavy (non-hydrogen) atoms. The minimum Gasteiger partial charge on any atom is -0.379 e. The lowest BCUT2D eigenvalue weighted by Crippen LogP contribution is -2.46. The molecule has 3 rings (SSSR count). The van der Waals surface area contributed by atoms with E-state index in [1.165, 1.54) is 0 Å². The highest BCUT2D eigenvalue weighted by atomic mass is 16.5. The van der Waals surface area contributed by atoms with Crippen LogP contribution in [-0.4, -0.2) is 84.3 Å². The Morgan fingerprint density at radius 1 is 1.27 bits per heavy atom. The second-order valence-electron chi connectivity index (χ2n) is 7.39. The summed E-state index contributed by atoms with van der Waals surface area (Å²) < 4.78 is 11.4. The first-order valence-electron chi connectivity index (χ1n) is 9.59. The van der Waals surface area contributed by atoms with Crippen molar-refractivity contribution in [3.05, 3.63) is 23.3 Å². The highest BCUT2D eigenvalue weighted by molar-refractivity contribution is 5.95. The van der Waals surface area contributed by atoms with Gasteiger partial charge in [-0.15, -0.1) is 0 Å². The molecule has 0 spiro atoms. The smallest absolute Gasteiger partial charge is 0.257 e. The van der Waals surface area contributed by atoms with Crippen LogP contribution < -0.4 is 0 Å². The molecule has 2 fully saturated rings. The third-order valence-electron chi connectivity index (χ3n) is 4.95. The number of carbonyl (C=O) groups excluding carboxylic acids is 1. The van der Waals surface area contributed by atoms with Gasteiger partial charge in [-0.2, -0.15) is 0 Å². The lowest BCUT2D eigenvalue weighted by molar-refractivity contribution is -0.0112. The van der Waals surface area contributed by atoms with E-state index in [0.717, 1.165) is 50.8 Å². The molecular formula is C19H30N4O3. The predicted molar refractivity (Wildman–Crippen MR) is 98.4 cm³/mol. The van der Waals surface area contributed by atoms with Crippen molar-refractivity contribution in [1.82, 2.24) is 19.8 Å². The largest absolute Gasteiger partial charge is 0.379 e. The molecule has 1 aromatic heterocycles. The summed E-state index contributed by atoms with van der Waals surface area (Å²) >= 11 is 0. The van der Waals surface area contributed by atoms with Crippen LogP contribution in [0.5, 0.6) is 0 Å². The van der Waals surface area contributed by atoms with Gasteiger partial charge in [0.15, 0.2) is 0 Å². The fourth-order valence-corrected chi connectivity index (χ4v) is 3.41. The summed E-state index contributed by atoms with van der Waals surface area (Å²) in [5.41, 5.74) is 1.35. The van der Waals surface area contributed by atoms with Crippen LogP contribution in [0.25, 0.3) is 0 Å². The molecule has 3 heterocycles. The zero-order valence-electron chi connectivity index (χ0n) is 16.1. The van der Waals surface area contributed by atoms with Crippen molar-refractivity contribution in [2.45, 2.75) is 39.2 Å². The first-order chi connectivity index (χ1) is 12.5. The molecule has 2 aliphatic heterocycles. The minimum atomic E-state index is 0.00952. The van der Waals surface area contributed by atoms with Crippen LogP contribution in [0.3, 0.4) is 0 Å². The number of nitrogens with zero attached hydrogens (tertiary/aromatic N) is 4. The molecule has 0 N–H and O–H groups in total. The van der Waals surface area contributed by atoms with Crippen LogP contribution in [-0.2, 0) is 9.47 Å². The van der Waals surface area contributed by atoms with Crippen molar-refractivity contribution in [1.29, 1.82) is 0 Å². The highest BCUT2D eigenvalue weighted by Gasteiger charge is 2.27. The SMILES string of the molecule is Cc1nc(C(C)C)ncc1C(=O)N1CCCO[C@H](CN2CCOCC2)C1. The monoisotopic (exact) mass is 362 g/mol. The second-order valence-corrected chi connectivity index (χ2v) is 7.39. The van der Waals surface area contributed by atoms with Crippen LogP contribution in [0.2, 0.25) is 0 Å². The standard InChI is InChI=1S/C19H30N4O3/c1-14(2)18-20-11-17(15(3)21-18)19(24)23-5-4-8-26-16(13-23)12-22-6-9-25-10-7-22/h11,14,16H,4-10,12-13H2,1-3H3/t16-/m1/s1. The molecule has 2 saturated heterocycles. The van der Waals surface area contributed by atoms with Gasteiger partial charge >= 0.3 is 0 Å². The maximum absolute atomic E-state index is 13.0. The van der Waals surface area contributed by atoms with Crippen molar-refractivity contribution >= 4 is 5.91 Å². The predicted octanol–water partition coefficient (Wildman–Crippen LogP) is 1.47. The lowest BCUT2D eigenvalue weighted by atomic mass is 10.1. The van der Waals surface area contributed by atoms with Gasteiger partial charge in [0.25, 0.3) is 5.91 Å². The molecule has 1 atom stereocenters. The maximum atomic E-state index is 13.0. The van der Waals surface area contributed by atoms with E-state index in [-0.39, 0.29) is 17.9 Å². The minimum absolute atomic E-state index is 0.00952. The molecular weight excluding hydrogens is 332 g/mol. The fraction of sp³-hybridized carbons (Fsp3) is 0.737. The Morgan fingerprint density at radius 2 is 2.04 bits per heavy atom. The Labute approximate surface area is 155 Å². The first-order valence-corrected chi connectivity index (χ1v) is 9.59. The third kappa shape index (κ3) is 4.78. The summed E-state index contributed by atoms with van der Waals surface area (Å²) in [4.78, 5) is 26.2. The molecule has 0 aliphatic carbocycles. The van der Waals surface area contributed by atoms with Crippen molar-refractivity contribution in [2.75, 3.05) is 52.5 Å². The van der Waals surface area contributed by atoms with Gasteiger partial charge in [0, 0.05) is 51.4 Å². The fourth-order valence-electron chi connectivity index (χ4n) is 3.41. The van der Waals surface area contributed by atoms with Gasteiger partial charge in [-0.05, 0) is 13.3 Å². The average molecular weight is 362 g/mol. The molecule has 144 valence electrons. The Morgan fingerprint density at radius 3 is 2.73 bits per heavy atom. The number of hydrogen-bond acceptors (Lipinski definition) is 6. The van der Waals surface area contributed by atoms with Crippen LogP contribution in [0.1, 0.15) is 48.1 Å². The summed E-state index contributed by atoms with van der Waals surface area (Å²) in [6.07, 6.45) is 2.58. The molecule has 2 aliphatic rings. The van der Waals surface area contributed by atoms with E-state index in [2.05, 4.69) is 28.7 Å². The van der Waals surface area contributed by atoms with Crippen molar-refractivity contribution < 1.29 is 14.3 Å². The number of carbonyl (C=O) groups is 1. The first kappa shape index (κ1) is 19.2. The molecule has 0 bridgehead atoms. The van der Waals surface area contributed by atoms with E-state index in [9.17, 15) is 4.79 Å².